The summed E-state index contributed by atoms with van der Waals surface area (Å²) in [6.07, 6.45) is 3.90. The smallest absolute Gasteiger partial charge is 0.100 e. The number of hydrogen-bond donors (Lipinski definition) is 0. The Morgan fingerprint density at radius 3 is 2.38 bits per heavy atom. The molecular weight excluding hydrogens is 278 g/mol. The standard InChI is InChI=1S/C18H29NOS/c1-14-9-6-7-10-17(14)13-19(21(20)18(3,4)5)15(2)16-11-8-12-16/h6-7,9-10,15-16H,8,11-13H2,1-5H3/t15-,21?/m0/s1. The van der Waals surface area contributed by atoms with Crippen LogP contribution < -0.4 is 0 Å². The molecule has 2 nitrogen and oxygen atoms in total. The van der Waals surface area contributed by atoms with Crippen molar-refractivity contribution in [2.24, 2.45) is 5.92 Å². The Labute approximate surface area is 132 Å². The molecule has 1 aliphatic rings. The van der Waals surface area contributed by atoms with Crippen LogP contribution in [0.5, 0.6) is 0 Å². The predicted molar refractivity (Wildman–Crippen MR) is 91.4 cm³/mol. The van der Waals surface area contributed by atoms with E-state index < -0.39 is 11.0 Å². The van der Waals surface area contributed by atoms with Crippen LogP contribution in [0.3, 0.4) is 0 Å². The Bertz CT molecular complexity index is 502. The molecule has 0 aliphatic heterocycles. The van der Waals surface area contributed by atoms with E-state index in [1.807, 2.05) is 0 Å². The monoisotopic (exact) mass is 307 g/mol. The molecule has 0 heterocycles. The molecule has 1 aliphatic carbocycles. The van der Waals surface area contributed by atoms with Crippen molar-refractivity contribution in [1.82, 2.24) is 4.31 Å². The Balaban J connectivity index is 2.23. The Morgan fingerprint density at radius 2 is 1.90 bits per heavy atom. The third kappa shape index (κ3) is 3.95. The molecule has 21 heavy (non-hydrogen) atoms. The molecule has 0 aromatic heterocycles. The first-order valence-corrected chi connectivity index (χ1v) is 9.14. The van der Waals surface area contributed by atoms with E-state index >= 15 is 0 Å². The lowest BCUT2D eigenvalue weighted by Gasteiger charge is -2.41. The summed E-state index contributed by atoms with van der Waals surface area (Å²) in [7, 11) is -0.969. The van der Waals surface area contributed by atoms with E-state index in [1.54, 1.807) is 0 Å². The van der Waals surface area contributed by atoms with Crippen LogP contribution in [0.15, 0.2) is 24.3 Å². The molecule has 1 unspecified atom stereocenters. The van der Waals surface area contributed by atoms with Crippen LogP contribution >= 0.6 is 0 Å². The lowest BCUT2D eigenvalue weighted by molar-refractivity contribution is 0.174. The molecule has 0 N–H and O–H groups in total. The molecule has 0 amide bonds. The van der Waals surface area contributed by atoms with E-state index in [-0.39, 0.29) is 4.75 Å². The van der Waals surface area contributed by atoms with Crippen LogP contribution in [0, 0.1) is 12.8 Å². The van der Waals surface area contributed by atoms with Crippen molar-refractivity contribution < 1.29 is 4.21 Å². The van der Waals surface area contributed by atoms with Crippen molar-refractivity contribution in [1.29, 1.82) is 0 Å². The first-order chi connectivity index (χ1) is 9.80. The van der Waals surface area contributed by atoms with Gasteiger partial charge in [-0.05, 0) is 64.5 Å². The number of benzene rings is 1. The van der Waals surface area contributed by atoms with Crippen LogP contribution in [-0.4, -0.2) is 19.3 Å². The summed E-state index contributed by atoms with van der Waals surface area (Å²) in [5.74, 6) is 0.709. The van der Waals surface area contributed by atoms with Gasteiger partial charge < -0.3 is 0 Å². The van der Waals surface area contributed by atoms with Gasteiger partial charge in [-0.3, -0.25) is 0 Å². The average molecular weight is 308 g/mol. The third-order valence-electron chi connectivity index (χ3n) is 4.61. The highest BCUT2D eigenvalue weighted by molar-refractivity contribution is 7.84. The number of nitrogens with zero attached hydrogens (tertiary/aromatic N) is 1. The van der Waals surface area contributed by atoms with Crippen molar-refractivity contribution in [3.8, 4) is 0 Å². The van der Waals surface area contributed by atoms with Crippen LogP contribution in [0.2, 0.25) is 0 Å². The van der Waals surface area contributed by atoms with E-state index in [0.29, 0.717) is 12.0 Å². The van der Waals surface area contributed by atoms with Gasteiger partial charge in [0, 0.05) is 12.6 Å². The molecule has 1 aromatic rings. The normalized spacial score (nSPS) is 19.3. The van der Waals surface area contributed by atoms with Gasteiger partial charge >= 0.3 is 0 Å². The summed E-state index contributed by atoms with van der Waals surface area (Å²) in [4.78, 5) is 0. The molecule has 0 saturated heterocycles. The molecule has 1 fully saturated rings. The topological polar surface area (TPSA) is 20.3 Å². The molecule has 2 atom stereocenters. The fourth-order valence-corrected chi connectivity index (χ4v) is 4.25. The maximum absolute atomic E-state index is 13.0. The fraction of sp³-hybridized carbons (Fsp3) is 0.667. The number of rotatable bonds is 5. The van der Waals surface area contributed by atoms with Gasteiger partial charge in [0.15, 0.2) is 0 Å². The number of aryl methyl sites for hydroxylation is 1. The highest BCUT2D eigenvalue weighted by Gasteiger charge is 2.35. The quantitative estimate of drug-likeness (QED) is 0.787. The second-order valence-corrected chi connectivity index (χ2v) is 9.49. The van der Waals surface area contributed by atoms with Crippen LogP contribution in [0.25, 0.3) is 0 Å². The van der Waals surface area contributed by atoms with E-state index in [4.69, 9.17) is 0 Å². The zero-order valence-electron chi connectivity index (χ0n) is 14.1. The van der Waals surface area contributed by atoms with Gasteiger partial charge in [0.1, 0.15) is 11.0 Å². The maximum Gasteiger partial charge on any atom is 0.100 e. The highest BCUT2D eigenvalue weighted by Crippen LogP contribution is 2.35. The Hall–Kier alpha value is -0.670. The molecular formula is C18H29NOS. The predicted octanol–water partition coefficient (Wildman–Crippen LogP) is 4.45. The Kier molecular flexibility index (Phi) is 5.26. The van der Waals surface area contributed by atoms with Crippen molar-refractivity contribution >= 4 is 11.0 Å². The SMILES string of the molecule is Cc1ccccc1CN([C@@H](C)C1CCC1)S(=O)C(C)(C)C. The fourth-order valence-electron chi connectivity index (χ4n) is 2.82. The molecule has 0 radical (unpaired) electrons. The number of hydrogen-bond acceptors (Lipinski definition) is 1. The summed E-state index contributed by atoms with van der Waals surface area (Å²) in [6.45, 7) is 11.4. The molecule has 1 aromatic carbocycles. The summed E-state index contributed by atoms with van der Waals surface area (Å²) < 4.78 is 15.0. The van der Waals surface area contributed by atoms with Crippen LogP contribution in [-0.2, 0) is 17.5 Å². The van der Waals surface area contributed by atoms with Gasteiger partial charge in [0.2, 0.25) is 0 Å². The van der Waals surface area contributed by atoms with Gasteiger partial charge in [-0.1, -0.05) is 30.7 Å². The van der Waals surface area contributed by atoms with Gasteiger partial charge in [0.05, 0.1) is 4.75 Å². The summed E-state index contributed by atoms with van der Waals surface area (Å²) in [5.41, 5.74) is 2.58. The molecule has 0 bridgehead atoms. The van der Waals surface area contributed by atoms with Crippen molar-refractivity contribution in [3.05, 3.63) is 35.4 Å². The first-order valence-electron chi connectivity index (χ1n) is 8.04. The largest absolute Gasteiger partial charge is 0.242 e. The summed E-state index contributed by atoms with van der Waals surface area (Å²) >= 11 is 0. The zero-order valence-corrected chi connectivity index (χ0v) is 14.9. The molecule has 118 valence electrons. The molecule has 0 spiro atoms. The molecule has 3 heteroatoms. The second-order valence-electron chi connectivity index (χ2n) is 7.29. The van der Waals surface area contributed by atoms with Crippen molar-refractivity contribution in [3.63, 3.8) is 0 Å². The zero-order chi connectivity index (χ0) is 15.6. The van der Waals surface area contributed by atoms with Gasteiger partial charge in [-0.25, -0.2) is 8.51 Å². The molecule has 1 saturated carbocycles. The van der Waals surface area contributed by atoms with Gasteiger partial charge in [-0.15, -0.1) is 0 Å². The van der Waals surface area contributed by atoms with E-state index in [1.165, 1.54) is 30.4 Å². The maximum atomic E-state index is 13.0. The minimum atomic E-state index is -0.969. The van der Waals surface area contributed by atoms with Crippen molar-refractivity contribution in [2.75, 3.05) is 0 Å². The van der Waals surface area contributed by atoms with E-state index in [9.17, 15) is 4.21 Å². The van der Waals surface area contributed by atoms with Gasteiger partial charge in [0.25, 0.3) is 0 Å². The van der Waals surface area contributed by atoms with Crippen LogP contribution in [0.4, 0.5) is 0 Å². The lowest BCUT2D eigenvalue weighted by atomic mass is 9.80. The minimum Gasteiger partial charge on any atom is -0.242 e. The summed E-state index contributed by atoms with van der Waals surface area (Å²) in [6, 6.07) is 8.84. The first kappa shape index (κ1) is 16.7. The highest BCUT2D eigenvalue weighted by atomic mass is 32.2. The third-order valence-corrected chi connectivity index (χ3v) is 6.55. The van der Waals surface area contributed by atoms with E-state index in [2.05, 4.69) is 63.2 Å². The summed E-state index contributed by atoms with van der Waals surface area (Å²) in [5, 5.41) is 0. The molecule has 2 rings (SSSR count). The minimum absolute atomic E-state index is 0.208. The van der Waals surface area contributed by atoms with Gasteiger partial charge in [-0.2, -0.15) is 0 Å². The van der Waals surface area contributed by atoms with Crippen LogP contribution in [0.1, 0.15) is 58.1 Å². The average Bonchev–Trinajstić information content (AvgIpc) is 2.33. The van der Waals surface area contributed by atoms with E-state index in [0.717, 1.165) is 6.54 Å². The Morgan fingerprint density at radius 1 is 1.29 bits per heavy atom. The second kappa shape index (κ2) is 6.62. The lowest BCUT2D eigenvalue weighted by Crippen LogP contribution is -2.46. The van der Waals surface area contributed by atoms with Crippen molar-refractivity contribution in [2.45, 2.75) is 71.2 Å².